The summed E-state index contributed by atoms with van der Waals surface area (Å²) < 4.78 is 29.4. The topological polar surface area (TPSA) is 127 Å². The van der Waals surface area contributed by atoms with Crippen molar-refractivity contribution in [3.8, 4) is 11.6 Å². The summed E-state index contributed by atoms with van der Waals surface area (Å²) in [7, 11) is 0. The van der Waals surface area contributed by atoms with Crippen LogP contribution in [-0.2, 0) is 17.8 Å². The third-order valence-corrected chi connectivity index (χ3v) is 6.25. The highest BCUT2D eigenvalue weighted by molar-refractivity contribution is 7.11. The van der Waals surface area contributed by atoms with E-state index in [2.05, 4.69) is 14.6 Å². The molecule has 32 heavy (non-hydrogen) atoms. The van der Waals surface area contributed by atoms with Crippen molar-refractivity contribution in [2.24, 2.45) is 5.73 Å². The van der Waals surface area contributed by atoms with Crippen LogP contribution in [0.2, 0.25) is 0 Å². The van der Waals surface area contributed by atoms with Crippen molar-refractivity contribution in [1.29, 1.82) is 0 Å². The maximum Gasteiger partial charge on any atom is 0.257 e. The first-order valence-corrected chi connectivity index (χ1v) is 11.2. The second-order valence-corrected chi connectivity index (χ2v) is 8.66. The highest BCUT2D eigenvalue weighted by atomic mass is 32.1. The van der Waals surface area contributed by atoms with Gasteiger partial charge in [0.1, 0.15) is 28.7 Å². The molecule has 2 aromatic rings. The Morgan fingerprint density at radius 1 is 1.44 bits per heavy atom. The number of hydrogen-bond acceptors (Lipinski definition) is 8. The van der Waals surface area contributed by atoms with E-state index in [1.54, 1.807) is 6.07 Å². The molecular formula is C21H25FN4O5S. The number of aliphatic hydroxyl groups is 1. The van der Waals surface area contributed by atoms with Crippen LogP contribution in [0.4, 0.5) is 9.39 Å². The number of halogens is 1. The number of carbonyl (C=O) groups is 2. The molecule has 0 bridgehead atoms. The monoisotopic (exact) mass is 464 g/mol. The number of nitrogens with two attached hydrogens (primary N) is 1. The van der Waals surface area contributed by atoms with Crippen LogP contribution in [0.15, 0.2) is 12.1 Å². The number of nitrogens with one attached hydrogen (secondary N) is 1. The SMILES string of the molecule is NC(=O)c1c(OCc2cc3c(cc2F)CCO3)nsc1NC(=O)CCCN1CC[C@H](O)C1. The zero-order chi connectivity index (χ0) is 22.7. The molecule has 2 aliphatic heterocycles. The van der Waals surface area contributed by atoms with Crippen molar-refractivity contribution < 1.29 is 28.6 Å². The van der Waals surface area contributed by atoms with Crippen molar-refractivity contribution in [3.05, 3.63) is 34.6 Å². The highest BCUT2D eigenvalue weighted by Gasteiger charge is 2.24. The number of aliphatic hydroxyl groups excluding tert-OH is 1. The van der Waals surface area contributed by atoms with Gasteiger partial charge in [0.2, 0.25) is 11.8 Å². The van der Waals surface area contributed by atoms with Crippen LogP contribution >= 0.6 is 11.5 Å². The predicted octanol–water partition coefficient (Wildman–Crippen LogP) is 1.68. The van der Waals surface area contributed by atoms with Gasteiger partial charge in [0.05, 0.1) is 12.7 Å². The van der Waals surface area contributed by atoms with E-state index < -0.39 is 11.7 Å². The number of nitrogens with zero attached hydrogens (tertiary/aromatic N) is 2. The molecule has 1 aromatic heterocycles. The van der Waals surface area contributed by atoms with Gasteiger partial charge in [-0.25, -0.2) is 4.39 Å². The number of hydrogen-bond donors (Lipinski definition) is 3. The molecule has 0 spiro atoms. The van der Waals surface area contributed by atoms with Gasteiger partial charge in [-0.05, 0) is 43.1 Å². The summed E-state index contributed by atoms with van der Waals surface area (Å²) in [5, 5.41) is 12.4. The Bertz CT molecular complexity index is 1010. The van der Waals surface area contributed by atoms with Crippen LogP contribution in [-0.4, -0.2) is 58.5 Å². The maximum absolute atomic E-state index is 14.3. The van der Waals surface area contributed by atoms with Crippen molar-refractivity contribution in [3.63, 3.8) is 0 Å². The minimum Gasteiger partial charge on any atom is -0.493 e. The summed E-state index contributed by atoms with van der Waals surface area (Å²) in [4.78, 5) is 26.4. The van der Waals surface area contributed by atoms with Gasteiger partial charge in [0.15, 0.2) is 0 Å². The Hall–Kier alpha value is -2.76. The molecule has 0 aliphatic carbocycles. The lowest BCUT2D eigenvalue weighted by Gasteiger charge is -2.14. The molecular weight excluding hydrogens is 439 g/mol. The number of amides is 2. The van der Waals surface area contributed by atoms with Gasteiger partial charge in [-0.15, -0.1) is 0 Å². The zero-order valence-corrected chi connectivity index (χ0v) is 18.3. The molecule has 0 radical (unpaired) electrons. The lowest BCUT2D eigenvalue weighted by atomic mass is 10.1. The van der Waals surface area contributed by atoms with Crippen LogP contribution in [0, 0.1) is 5.82 Å². The molecule has 2 aliphatic rings. The first-order chi connectivity index (χ1) is 15.4. The van der Waals surface area contributed by atoms with Crippen LogP contribution in [0.3, 0.4) is 0 Å². The lowest BCUT2D eigenvalue weighted by molar-refractivity contribution is -0.116. The fourth-order valence-corrected chi connectivity index (χ4v) is 4.60. The van der Waals surface area contributed by atoms with Gasteiger partial charge >= 0.3 is 0 Å². The number of aromatic nitrogens is 1. The van der Waals surface area contributed by atoms with E-state index >= 15 is 0 Å². The molecule has 0 unspecified atom stereocenters. The van der Waals surface area contributed by atoms with Crippen molar-refractivity contribution in [2.75, 3.05) is 31.6 Å². The van der Waals surface area contributed by atoms with E-state index in [-0.39, 0.29) is 47.0 Å². The number of likely N-dealkylation sites (tertiary alicyclic amines) is 1. The standard InChI is InChI=1S/C21H25FN4O5S/c22-15-8-12-4-7-30-16(12)9-13(15)11-31-20-18(19(23)29)21(32-25-20)24-17(28)2-1-5-26-6-3-14(27)10-26/h8-9,14,27H,1-7,10-11H2,(H2,23,29)(H,24,28)/t14-/m0/s1. The van der Waals surface area contributed by atoms with Crippen molar-refractivity contribution >= 4 is 28.3 Å². The number of benzene rings is 1. The number of rotatable bonds is 9. The second-order valence-electron chi connectivity index (χ2n) is 7.89. The summed E-state index contributed by atoms with van der Waals surface area (Å²) >= 11 is 0.882. The largest absolute Gasteiger partial charge is 0.493 e. The number of primary amides is 1. The number of carbonyl (C=O) groups excluding carboxylic acids is 2. The summed E-state index contributed by atoms with van der Waals surface area (Å²) in [5.41, 5.74) is 6.52. The number of fused-ring (bicyclic) bond motifs is 1. The van der Waals surface area contributed by atoms with Crippen LogP contribution < -0.4 is 20.5 Å². The third kappa shape index (κ3) is 5.17. The average Bonchev–Trinajstić information content (AvgIpc) is 3.46. The molecule has 2 amide bonds. The van der Waals surface area contributed by atoms with Gasteiger partial charge in [-0.2, -0.15) is 4.37 Å². The van der Waals surface area contributed by atoms with Crippen LogP contribution in [0.25, 0.3) is 0 Å². The Kier molecular flexibility index (Phi) is 6.87. The quantitative estimate of drug-likeness (QED) is 0.515. The Balaban J connectivity index is 1.35. The predicted molar refractivity (Wildman–Crippen MR) is 115 cm³/mol. The van der Waals surface area contributed by atoms with E-state index in [0.29, 0.717) is 38.3 Å². The van der Waals surface area contributed by atoms with E-state index in [4.69, 9.17) is 15.2 Å². The molecule has 1 fully saturated rings. The zero-order valence-electron chi connectivity index (χ0n) is 17.4. The third-order valence-electron chi connectivity index (χ3n) is 5.51. The van der Waals surface area contributed by atoms with Gasteiger partial charge in [0.25, 0.3) is 5.91 Å². The molecule has 4 N–H and O–H groups in total. The molecule has 0 saturated carbocycles. The molecule has 1 atom stereocenters. The Morgan fingerprint density at radius 2 is 2.28 bits per heavy atom. The molecule has 11 heteroatoms. The number of anilines is 1. The fourth-order valence-electron chi connectivity index (χ4n) is 3.84. The summed E-state index contributed by atoms with van der Waals surface area (Å²) in [6, 6.07) is 3.00. The molecule has 9 nitrogen and oxygen atoms in total. The van der Waals surface area contributed by atoms with Gasteiger partial charge in [-0.3, -0.25) is 9.59 Å². The minimum absolute atomic E-state index is 0.0381. The fraction of sp³-hybridized carbons (Fsp3) is 0.476. The average molecular weight is 465 g/mol. The normalized spacial score (nSPS) is 17.8. The van der Waals surface area contributed by atoms with E-state index in [9.17, 15) is 19.1 Å². The Morgan fingerprint density at radius 3 is 3.03 bits per heavy atom. The van der Waals surface area contributed by atoms with Gasteiger partial charge < -0.3 is 30.5 Å². The van der Waals surface area contributed by atoms with E-state index in [0.717, 1.165) is 30.1 Å². The lowest BCUT2D eigenvalue weighted by Crippen LogP contribution is -2.24. The van der Waals surface area contributed by atoms with Crippen molar-refractivity contribution in [1.82, 2.24) is 9.27 Å². The summed E-state index contributed by atoms with van der Waals surface area (Å²) in [6.45, 7) is 2.50. The van der Waals surface area contributed by atoms with Crippen LogP contribution in [0.5, 0.6) is 11.6 Å². The molecule has 172 valence electrons. The Labute approximate surface area is 188 Å². The number of ether oxygens (including phenoxy) is 2. The van der Waals surface area contributed by atoms with Gasteiger partial charge in [-0.1, -0.05) is 0 Å². The second kappa shape index (κ2) is 9.80. The smallest absolute Gasteiger partial charge is 0.257 e. The molecule has 1 saturated heterocycles. The first kappa shape index (κ1) is 22.4. The molecule has 1 aromatic carbocycles. The highest BCUT2D eigenvalue weighted by Crippen LogP contribution is 2.32. The van der Waals surface area contributed by atoms with E-state index in [1.165, 1.54) is 6.07 Å². The van der Waals surface area contributed by atoms with Crippen LogP contribution in [0.1, 0.15) is 40.7 Å². The molecule has 3 heterocycles. The molecule has 4 rings (SSSR count). The van der Waals surface area contributed by atoms with E-state index in [1.807, 2.05) is 0 Å². The summed E-state index contributed by atoms with van der Waals surface area (Å²) in [6.07, 6.45) is 1.98. The maximum atomic E-state index is 14.3. The number of β-amino-alcohol motifs (C(OH)–C–C–N with tert-alkyl or cyclic N) is 1. The van der Waals surface area contributed by atoms with Crippen molar-refractivity contribution in [2.45, 2.75) is 38.4 Å². The van der Waals surface area contributed by atoms with Gasteiger partial charge in [0, 0.05) is 37.1 Å². The minimum atomic E-state index is -0.798. The summed E-state index contributed by atoms with van der Waals surface area (Å²) in [5.74, 6) is -0.930. The first-order valence-electron chi connectivity index (χ1n) is 10.5.